The summed E-state index contributed by atoms with van der Waals surface area (Å²) in [6, 6.07) is 10.3. The Bertz CT molecular complexity index is 878. The first-order valence-electron chi connectivity index (χ1n) is 8.54. The van der Waals surface area contributed by atoms with E-state index in [2.05, 4.69) is 5.32 Å². The highest BCUT2D eigenvalue weighted by molar-refractivity contribution is 6.31. The first-order valence-corrected chi connectivity index (χ1v) is 8.92. The quantitative estimate of drug-likeness (QED) is 0.875. The van der Waals surface area contributed by atoms with Crippen LogP contribution < -0.4 is 10.9 Å². The summed E-state index contributed by atoms with van der Waals surface area (Å²) in [6.07, 6.45) is 3.88. The van der Waals surface area contributed by atoms with Crippen molar-refractivity contribution in [2.45, 2.75) is 25.8 Å². The standard InChI is InChI=1S/C19H20ClN3O3/c20-16-6-2-1-5-14(16)11-23-12-15(8-9-19(23)26)21-17(24)13-22-10-4-3-7-18(22)25/h1-2,5-6,8-9,12H,3-4,7,10-11,13H2,(H,21,24). The summed E-state index contributed by atoms with van der Waals surface area (Å²) in [5.74, 6) is -0.265. The summed E-state index contributed by atoms with van der Waals surface area (Å²) in [6.45, 7) is 0.952. The third-order valence-electron chi connectivity index (χ3n) is 4.32. The molecule has 1 N–H and O–H groups in total. The molecule has 2 amide bonds. The Morgan fingerprint density at radius 3 is 2.69 bits per heavy atom. The minimum absolute atomic E-state index is 0.00934. The van der Waals surface area contributed by atoms with Gasteiger partial charge >= 0.3 is 0 Å². The molecule has 136 valence electrons. The SMILES string of the molecule is O=C(CN1CCCCC1=O)Nc1ccc(=O)n(Cc2ccccc2Cl)c1. The van der Waals surface area contributed by atoms with Crippen molar-refractivity contribution in [1.82, 2.24) is 9.47 Å². The average molecular weight is 374 g/mol. The third kappa shape index (κ3) is 4.52. The molecule has 3 rings (SSSR count). The van der Waals surface area contributed by atoms with Gasteiger partial charge < -0.3 is 14.8 Å². The number of benzene rings is 1. The molecule has 0 radical (unpaired) electrons. The zero-order valence-electron chi connectivity index (χ0n) is 14.3. The number of halogens is 1. The molecule has 1 aliphatic rings. The second kappa shape index (κ2) is 8.19. The van der Waals surface area contributed by atoms with Gasteiger partial charge in [-0.05, 0) is 30.5 Å². The lowest BCUT2D eigenvalue weighted by atomic mass is 10.1. The Morgan fingerprint density at radius 2 is 1.92 bits per heavy atom. The van der Waals surface area contributed by atoms with Gasteiger partial charge in [0.25, 0.3) is 5.56 Å². The molecule has 0 spiro atoms. The number of hydrogen-bond acceptors (Lipinski definition) is 3. The number of amides is 2. The first kappa shape index (κ1) is 18.2. The summed E-state index contributed by atoms with van der Waals surface area (Å²) < 4.78 is 1.49. The minimum atomic E-state index is -0.275. The van der Waals surface area contributed by atoms with Crippen LogP contribution in [-0.4, -0.2) is 34.4 Å². The fourth-order valence-electron chi connectivity index (χ4n) is 2.94. The van der Waals surface area contributed by atoms with Crippen molar-refractivity contribution < 1.29 is 9.59 Å². The van der Waals surface area contributed by atoms with Gasteiger partial charge in [0.05, 0.1) is 18.8 Å². The zero-order valence-corrected chi connectivity index (χ0v) is 15.0. The molecule has 1 aliphatic heterocycles. The Balaban J connectivity index is 1.69. The van der Waals surface area contributed by atoms with Gasteiger partial charge in [-0.1, -0.05) is 29.8 Å². The van der Waals surface area contributed by atoms with E-state index in [4.69, 9.17) is 11.6 Å². The van der Waals surface area contributed by atoms with Crippen molar-refractivity contribution >= 4 is 29.1 Å². The molecule has 1 fully saturated rings. The van der Waals surface area contributed by atoms with E-state index in [0.717, 1.165) is 18.4 Å². The van der Waals surface area contributed by atoms with Crippen molar-refractivity contribution in [3.8, 4) is 0 Å². The molecular weight excluding hydrogens is 354 g/mol. The molecule has 0 saturated carbocycles. The number of likely N-dealkylation sites (tertiary alicyclic amines) is 1. The summed E-state index contributed by atoms with van der Waals surface area (Å²) in [4.78, 5) is 37.7. The van der Waals surface area contributed by atoms with Crippen LogP contribution in [0.2, 0.25) is 5.02 Å². The monoisotopic (exact) mass is 373 g/mol. The summed E-state index contributed by atoms with van der Waals surface area (Å²) in [7, 11) is 0. The number of carbonyl (C=O) groups excluding carboxylic acids is 2. The van der Waals surface area contributed by atoms with Gasteiger partial charge in [-0.2, -0.15) is 0 Å². The third-order valence-corrected chi connectivity index (χ3v) is 4.69. The molecule has 2 heterocycles. The predicted octanol–water partition coefficient (Wildman–Crippen LogP) is 2.50. The van der Waals surface area contributed by atoms with Crippen molar-refractivity contribution in [2.24, 2.45) is 0 Å². The van der Waals surface area contributed by atoms with Crippen molar-refractivity contribution in [1.29, 1.82) is 0 Å². The van der Waals surface area contributed by atoms with Gasteiger partial charge in [-0.25, -0.2) is 0 Å². The number of nitrogens with zero attached hydrogens (tertiary/aromatic N) is 2. The fraction of sp³-hybridized carbons (Fsp3) is 0.316. The van der Waals surface area contributed by atoms with E-state index in [1.54, 1.807) is 23.2 Å². The predicted molar refractivity (Wildman–Crippen MR) is 100 cm³/mol. The van der Waals surface area contributed by atoms with Gasteiger partial charge in [0.2, 0.25) is 11.8 Å². The Kier molecular flexibility index (Phi) is 5.73. The molecule has 0 bridgehead atoms. The number of carbonyl (C=O) groups is 2. The largest absolute Gasteiger partial charge is 0.333 e. The fourth-order valence-corrected chi connectivity index (χ4v) is 3.14. The second-order valence-corrected chi connectivity index (χ2v) is 6.70. The van der Waals surface area contributed by atoms with Gasteiger partial charge in [0.15, 0.2) is 0 Å². The highest BCUT2D eigenvalue weighted by Gasteiger charge is 2.20. The first-order chi connectivity index (χ1) is 12.5. The van der Waals surface area contributed by atoms with E-state index >= 15 is 0 Å². The van der Waals surface area contributed by atoms with Crippen LogP contribution in [0.3, 0.4) is 0 Å². The van der Waals surface area contributed by atoms with Gasteiger partial charge in [-0.15, -0.1) is 0 Å². The number of pyridine rings is 1. The molecule has 6 nitrogen and oxygen atoms in total. The van der Waals surface area contributed by atoms with Gasteiger partial charge in [0, 0.05) is 30.3 Å². The van der Waals surface area contributed by atoms with Crippen molar-refractivity contribution in [2.75, 3.05) is 18.4 Å². The molecule has 0 atom stereocenters. The highest BCUT2D eigenvalue weighted by atomic mass is 35.5. The van der Waals surface area contributed by atoms with E-state index in [0.29, 0.717) is 30.2 Å². The number of piperidine rings is 1. The van der Waals surface area contributed by atoms with Crippen LogP contribution in [0.25, 0.3) is 0 Å². The second-order valence-electron chi connectivity index (χ2n) is 6.30. The molecule has 26 heavy (non-hydrogen) atoms. The lowest BCUT2D eigenvalue weighted by Gasteiger charge is -2.26. The maximum Gasteiger partial charge on any atom is 0.250 e. The Morgan fingerprint density at radius 1 is 1.12 bits per heavy atom. The highest BCUT2D eigenvalue weighted by Crippen LogP contribution is 2.16. The van der Waals surface area contributed by atoms with Crippen molar-refractivity contribution in [3.05, 3.63) is 63.5 Å². The van der Waals surface area contributed by atoms with Crippen LogP contribution in [0.4, 0.5) is 5.69 Å². The van der Waals surface area contributed by atoms with E-state index in [9.17, 15) is 14.4 Å². The number of rotatable bonds is 5. The summed E-state index contributed by atoms with van der Waals surface area (Å²) in [5, 5.41) is 3.33. The molecule has 0 aliphatic carbocycles. The van der Waals surface area contributed by atoms with Crippen LogP contribution in [0, 0.1) is 0 Å². The molecular formula is C19H20ClN3O3. The molecule has 1 aromatic carbocycles. The topological polar surface area (TPSA) is 71.4 Å². The molecule has 7 heteroatoms. The number of aromatic nitrogens is 1. The molecule has 1 saturated heterocycles. The average Bonchev–Trinajstić information content (AvgIpc) is 2.62. The number of nitrogens with one attached hydrogen (secondary N) is 1. The summed E-state index contributed by atoms with van der Waals surface area (Å²) in [5.41, 5.74) is 1.14. The lowest BCUT2D eigenvalue weighted by Crippen LogP contribution is -2.40. The van der Waals surface area contributed by atoms with Crippen LogP contribution in [0.5, 0.6) is 0 Å². The van der Waals surface area contributed by atoms with E-state index in [1.807, 2.05) is 18.2 Å². The lowest BCUT2D eigenvalue weighted by molar-refractivity contribution is -0.136. The molecule has 1 aromatic heterocycles. The van der Waals surface area contributed by atoms with Gasteiger partial charge in [0.1, 0.15) is 0 Å². The number of anilines is 1. The molecule has 0 unspecified atom stereocenters. The van der Waals surface area contributed by atoms with E-state index in [1.165, 1.54) is 10.6 Å². The smallest absolute Gasteiger partial charge is 0.250 e. The van der Waals surface area contributed by atoms with Gasteiger partial charge in [-0.3, -0.25) is 14.4 Å². The van der Waals surface area contributed by atoms with Crippen LogP contribution in [-0.2, 0) is 16.1 Å². The Hall–Kier alpha value is -2.60. The normalized spacial score (nSPS) is 14.3. The Labute approximate surface area is 156 Å². The van der Waals surface area contributed by atoms with Crippen molar-refractivity contribution in [3.63, 3.8) is 0 Å². The van der Waals surface area contributed by atoms with Crippen LogP contribution in [0.15, 0.2) is 47.4 Å². The van der Waals surface area contributed by atoms with Crippen LogP contribution >= 0.6 is 11.6 Å². The summed E-state index contributed by atoms with van der Waals surface area (Å²) >= 11 is 6.15. The number of hydrogen-bond donors (Lipinski definition) is 1. The maximum absolute atomic E-state index is 12.2. The minimum Gasteiger partial charge on any atom is -0.333 e. The van der Waals surface area contributed by atoms with E-state index in [-0.39, 0.29) is 23.9 Å². The molecule has 2 aromatic rings. The van der Waals surface area contributed by atoms with E-state index < -0.39 is 0 Å². The zero-order chi connectivity index (χ0) is 18.5. The maximum atomic E-state index is 12.2. The van der Waals surface area contributed by atoms with Crippen LogP contribution in [0.1, 0.15) is 24.8 Å².